The Morgan fingerprint density at radius 1 is 1.50 bits per heavy atom. The van der Waals surface area contributed by atoms with Crippen LogP contribution in [0.5, 0.6) is 0 Å². The maximum absolute atomic E-state index is 13.0. The van der Waals surface area contributed by atoms with Gasteiger partial charge in [0.25, 0.3) is 0 Å². The van der Waals surface area contributed by atoms with Gasteiger partial charge in [-0.05, 0) is 37.0 Å². The monoisotopic (exact) mass is 221 g/mol. The molecule has 1 fully saturated rings. The summed E-state index contributed by atoms with van der Waals surface area (Å²) >= 11 is 0. The van der Waals surface area contributed by atoms with Crippen molar-refractivity contribution in [3.05, 3.63) is 29.6 Å². The molecule has 0 aliphatic heterocycles. The normalized spacial score (nSPS) is 15.6. The van der Waals surface area contributed by atoms with Gasteiger partial charge in [0.15, 0.2) is 6.29 Å². The molecule has 1 aromatic rings. The van der Waals surface area contributed by atoms with Crippen LogP contribution in [0.3, 0.4) is 0 Å². The maximum Gasteiger partial charge on any atom is 0.152 e. The first-order valence-electron chi connectivity index (χ1n) is 5.66. The standard InChI is InChI=1S/C13H16FNO/c1-15(8-10-3-2-4-10)13-6-5-12(14)7-11(13)9-16/h5-7,9-10H,2-4,8H2,1H3. The predicted octanol–water partition coefficient (Wildman–Crippen LogP) is 2.87. The number of anilines is 1. The number of hydrogen-bond donors (Lipinski definition) is 0. The van der Waals surface area contributed by atoms with Crippen molar-refractivity contribution >= 4 is 12.0 Å². The summed E-state index contributed by atoms with van der Waals surface area (Å²) in [6, 6.07) is 4.37. The van der Waals surface area contributed by atoms with E-state index in [1.807, 2.05) is 11.9 Å². The van der Waals surface area contributed by atoms with Crippen molar-refractivity contribution < 1.29 is 9.18 Å². The molecule has 0 radical (unpaired) electrons. The van der Waals surface area contributed by atoms with Gasteiger partial charge in [-0.3, -0.25) is 4.79 Å². The van der Waals surface area contributed by atoms with Crippen LogP contribution in [0, 0.1) is 11.7 Å². The molecule has 0 saturated heterocycles. The molecule has 0 bridgehead atoms. The minimum atomic E-state index is -0.358. The third kappa shape index (κ3) is 2.23. The van der Waals surface area contributed by atoms with Gasteiger partial charge in [-0.1, -0.05) is 6.42 Å². The van der Waals surface area contributed by atoms with Gasteiger partial charge < -0.3 is 4.90 Å². The molecule has 3 heteroatoms. The van der Waals surface area contributed by atoms with Crippen molar-refractivity contribution in [2.24, 2.45) is 5.92 Å². The van der Waals surface area contributed by atoms with Crippen molar-refractivity contribution in [2.75, 3.05) is 18.5 Å². The lowest BCUT2D eigenvalue weighted by atomic mass is 9.85. The molecule has 1 aromatic carbocycles. The summed E-state index contributed by atoms with van der Waals surface area (Å²) in [5.74, 6) is 0.373. The van der Waals surface area contributed by atoms with Crippen LogP contribution >= 0.6 is 0 Å². The molecule has 1 saturated carbocycles. The van der Waals surface area contributed by atoms with Gasteiger partial charge in [0.2, 0.25) is 0 Å². The van der Waals surface area contributed by atoms with E-state index in [0.717, 1.165) is 24.4 Å². The van der Waals surface area contributed by atoms with Crippen LogP contribution in [0.25, 0.3) is 0 Å². The van der Waals surface area contributed by atoms with Crippen molar-refractivity contribution in [2.45, 2.75) is 19.3 Å². The number of carbonyl (C=O) groups is 1. The van der Waals surface area contributed by atoms with E-state index in [2.05, 4.69) is 0 Å². The zero-order valence-electron chi connectivity index (χ0n) is 9.45. The fourth-order valence-corrected chi connectivity index (χ4v) is 2.13. The minimum Gasteiger partial charge on any atom is -0.374 e. The third-order valence-corrected chi connectivity index (χ3v) is 3.28. The predicted molar refractivity (Wildman–Crippen MR) is 62.4 cm³/mol. The number of halogens is 1. The van der Waals surface area contributed by atoms with Crippen LogP contribution < -0.4 is 4.90 Å². The van der Waals surface area contributed by atoms with Gasteiger partial charge in [0.1, 0.15) is 5.82 Å². The fraction of sp³-hybridized carbons (Fsp3) is 0.462. The van der Waals surface area contributed by atoms with Crippen LogP contribution in [0.15, 0.2) is 18.2 Å². The number of hydrogen-bond acceptors (Lipinski definition) is 2. The molecule has 1 aliphatic carbocycles. The largest absolute Gasteiger partial charge is 0.374 e. The Balaban J connectivity index is 2.14. The summed E-state index contributed by atoms with van der Waals surface area (Å²) in [4.78, 5) is 12.9. The number of rotatable bonds is 4. The number of benzene rings is 1. The second kappa shape index (κ2) is 4.64. The number of aldehydes is 1. The highest BCUT2D eigenvalue weighted by atomic mass is 19.1. The molecule has 0 N–H and O–H groups in total. The van der Waals surface area contributed by atoms with E-state index < -0.39 is 0 Å². The van der Waals surface area contributed by atoms with E-state index >= 15 is 0 Å². The highest BCUT2D eigenvalue weighted by molar-refractivity contribution is 5.84. The van der Waals surface area contributed by atoms with E-state index in [1.54, 1.807) is 6.07 Å². The molecule has 1 aliphatic rings. The average molecular weight is 221 g/mol. The van der Waals surface area contributed by atoms with Gasteiger partial charge in [-0.2, -0.15) is 0 Å². The first kappa shape index (κ1) is 11.1. The van der Waals surface area contributed by atoms with Crippen molar-refractivity contribution in [1.29, 1.82) is 0 Å². The summed E-state index contributed by atoms with van der Waals surface area (Å²) in [6.45, 7) is 0.951. The average Bonchev–Trinajstić information content (AvgIpc) is 2.23. The second-order valence-electron chi connectivity index (χ2n) is 4.50. The van der Waals surface area contributed by atoms with Gasteiger partial charge in [0, 0.05) is 24.8 Å². The van der Waals surface area contributed by atoms with E-state index in [0.29, 0.717) is 5.56 Å². The Labute approximate surface area is 95.1 Å². The van der Waals surface area contributed by atoms with Gasteiger partial charge in [-0.25, -0.2) is 4.39 Å². The quantitative estimate of drug-likeness (QED) is 0.729. The molecular weight excluding hydrogens is 205 g/mol. The molecule has 0 spiro atoms. The Kier molecular flexibility index (Phi) is 3.22. The molecule has 0 atom stereocenters. The fourth-order valence-electron chi connectivity index (χ4n) is 2.13. The minimum absolute atomic E-state index is 0.358. The van der Waals surface area contributed by atoms with Crippen molar-refractivity contribution in [3.8, 4) is 0 Å². The van der Waals surface area contributed by atoms with Crippen LogP contribution in [0.1, 0.15) is 29.6 Å². The van der Waals surface area contributed by atoms with Gasteiger partial charge in [0.05, 0.1) is 0 Å². The molecule has 0 unspecified atom stereocenters. The summed E-state index contributed by atoms with van der Waals surface area (Å²) < 4.78 is 13.0. The topological polar surface area (TPSA) is 20.3 Å². The Hall–Kier alpha value is -1.38. The first-order valence-corrected chi connectivity index (χ1v) is 5.66. The summed E-state index contributed by atoms with van der Waals surface area (Å²) in [5.41, 5.74) is 1.25. The smallest absolute Gasteiger partial charge is 0.152 e. The molecule has 16 heavy (non-hydrogen) atoms. The Bertz CT molecular complexity index is 388. The van der Waals surface area contributed by atoms with Gasteiger partial charge >= 0.3 is 0 Å². The van der Waals surface area contributed by atoms with E-state index in [4.69, 9.17) is 0 Å². The highest BCUT2D eigenvalue weighted by Gasteiger charge is 2.20. The number of carbonyl (C=O) groups excluding carboxylic acids is 1. The summed E-state index contributed by atoms with van der Waals surface area (Å²) in [5, 5.41) is 0. The molecule has 0 amide bonds. The lowest BCUT2D eigenvalue weighted by molar-refractivity contribution is 0.112. The molecule has 86 valence electrons. The molecular formula is C13H16FNO. The number of nitrogens with zero attached hydrogens (tertiary/aromatic N) is 1. The van der Waals surface area contributed by atoms with Crippen LogP contribution in [0.2, 0.25) is 0 Å². The second-order valence-corrected chi connectivity index (χ2v) is 4.50. The molecule has 2 rings (SSSR count). The SMILES string of the molecule is CN(CC1CCC1)c1ccc(F)cc1C=O. The van der Waals surface area contributed by atoms with Crippen LogP contribution in [0.4, 0.5) is 10.1 Å². The summed E-state index contributed by atoms with van der Waals surface area (Å²) in [6.07, 6.45) is 4.56. The zero-order valence-corrected chi connectivity index (χ0v) is 9.45. The Morgan fingerprint density at radius 2 is 2.25 bits per heavy atom. The third-order valence-electron chi connectivity index (χ3n) is 3.28. The molecule has 2 nitrogen and oxygen atoms in total. The van der Waals surface area contributed by atoms with E-state index in [-0.39, 0.29) is 5.82 Å². The zero-order chi connectivity index (χ0) is 11.5. The van der Waals surface area contributed by atoms with Gasteiger partial charge in [-0.15, -0.1) is 0 Å². The maximum atomic E-state index is 13.0. The van der Waals surface area contributed by atoms with E-state index in [1.165, 1.54) is 31.4 Å². The van der Waals surface area contributed by atoms with Crippen molar-refractivity contribution in [1.82, 2.24) is 0 Å². The molecule has 0 heterocycles. The molecule has 0 aromatic heterocycles. The highest BCUT2D eigenvalue weighted by Crippen LogP contribution is 2.29. The lowest BCUT2D eigenvalue weighted by Crippen LogP contribution is -2.29. The van der Waals surface area contributed by atoms with Crippen LogP contribution in [-0.2, 0) is 0 Å². The van der Waals surface area contributed by atoms with Crippen LogP contribution in [-0.4, -0.2) is 19.9 Å². The Morgan fingerprint density at radius 3 is 2.81 bits per heavy atom. The van der Waals surface area contributed by atoms with Crippen molar-refractivity contribution in [3.63, 3.8) is 0 Å². The van der Waals surface area contributed by atoms with E-state index in [9.17, 15) is 9.18 Å². The first-order chi connectivity index (χ1) is 7.70. The summed E-state index contributed by atoms with van der Waals surface area (Å²) in [7, 11) is 1.96. The lowest BCUT2D eigenvalue weighted by Gasteiger charge is -2.31.